The molecule has 0 unspecified atom stereocenters. The summed E-state index contributed by atoms with van der Waals surface area (Å²) in [5, 5.41) is 13.9. The van der Waals surface area contributed by atoms with E-state index < -0.39 is 48.4 Å². The predicted octanol–water partition coefficient (Wildman–Crippen LogP) is 7.19. The fraction of sp³-hybridized carbons (Fsp3) is 0.404. The number of halogens is 1. The van der Waals surface area contributed by atoms with Crippen LogP contribution in [0.5, 0.6) is 11.5 Å². The number of ether oxygens (including phenoxy) is 1. The van der Waals surface area contributed by atoms with Gasteiger partial charge in [-0.3, -0.25) is 19.2 Å². The summed E-state index contributed by atoms with van der Waals surface area (Å²) in [6.45, 7) is 3.80. The molecule has 4 aromatic carbocycles. The predicted molar refractivity (Wildman–Crippen MR) is 308 cm³/mol. The van der Waals surface area contributed by atoms with Crippen molar-refractivity contribution in [2.45, 2.75) is 83.1 Å². The van der Waals surface area contributed by atoms with Crippen LogP contribution in [0.4, 0.5) is 0 Å². The summed E-state index contributed by atoms with van der Waals surface area (Å²) in [5.74, 6) is -0.721. The van der Waals surface area contributed by atoms with E-state index in [9.17, 15) is 14.7 Å². The lowest BCUT2D eigenvalue weighted by atomic mass is 9.83. The zero-order chi connectivity index (χ0) is 47.2. The maximum atomic E-state index is 15.1. The Morgan fingerprint density at radius 3 is 2.15 bits per heavy atom. The Morgan fingerprint density at radius 2 is 1.51 bits per heavy atom. The average Bonchev–Trinajstić information content (AvgIpc) is 3.91. The van der Waals surface area contributed by atoms with Gasteiger partial charge in [0, 0.05) is 50.3 Å². The molecule has 0 bridgehead atoms. The summed E-state index contributed by atoms with van der Waals surface area (Å²) in [5.41, 5.74) is 6.69. The topological polar surface area (TPSA) is 141 Å². The zero-order valence-corrected chi connectivity index (χ0v) is 47.3. The number of nitrogens with one attached hydrogen (secondary N) is 1. The number of hydrogen-bond donors (Lipinski definition) is 2. The maximum Gasteiger partial charge on any atom is 0.247 e. The summed E-state index contributed by atoms with van der Waals surface area (Å²) in [6.07, 6.45) is 4.27. The second-order valence-corrected chi connectivity index (χ2v) is 18.5. The van der Waals surface area contributed by atoms with Crippen LogP contribution < -0.4 is 10.1 Å². The number of aliphatic hydroxyl groups excluding tert-OH is 1. The standard InChI is InChI=1S/C52H62ClN7O6.5H2S/c1-8-34-13-16-38(47(26-34)66-41-22-17-37(18-23-41)46-28-54-48(59(46)7)31-56(3)4)29-60-33(2)50(63)55-45(32-61)52(65)58(6)40(25-35-14-20-39(53)21-15-35)30-57(5)51(64)44(27-49(60)62)43-24-19-36-11-9-10-12-42(36)43;;;;;/h9-18,20-23,26,28,33,40,43-45,61H,8,19,24-25,27,29-32H2,1-7H3,(H,55,63);5*1H2/t33-,40-,43+,44-,45-;;;;;/m0...../s1. The Kier molecular flexibility index (Phi) is 25.0. The first-order valence-electron chi connectivity index (χ1n) is 22.8. The Morgan fingerprint density at radius 1 is 0.845 bits per heavy atom. The third-order valence-corrected chi connectivity index (χ3v) is 13.5. The van der Waals surface area contributed by atoms with E-state index in [0.29, 0.717) is 41.5 Å². The van der Waals surface area contributed by atoms with E-state index >= 15 is 9.59 Å². The van der Waals surface area contributed by atoms with Gasteiger partial charge in [0.25, 0.3) is 0 Å². The van der Waals surface area contributed by atoms with Crippen molar-refractivity contribution < 1.29 is 29.0 Å². The number of aliphatic hydroxyl groups is 1. The van der Waals surface area contributed by atoms with Crippen molar-refractivity contribution in [3.05, 3.63) is 136 Å². The second kappa shape index (κ2) is 28.3. The molecule has 13 nitrogen and oxygen atoms in total. The van der Waals surface area contributed by atoms with Gasteiger partial charge in [-0.15, -0.1) is 0 Å². The van der Waals surface area contributed by atoms with Gasteiger partial charge in [0.15, 0.2) is 0 Å². The minimum Gasteiger partial charge on any atom is -0.457 e. The first kappa shape index (κ1) is 62.8. The lowest BCUT2D eigenvalue weighted by Gasteiger charge is -2.38. The number of rotatable bonds is 12. The Labute approximate surface area is 459 Å². The van der Waals surface area contributed by atoms with Gasteiger partial charge in [-0.05, 0) is 117 Å². The molecule has 2 heterocycles. The number of carbonyl (C=O) groups is 4. The second-order valence-electron chi connectivity index (χ2n) is 18.0. The fourth-order valence-electron chi connectivity index (χ4n) is 9.30. The van der Waals surface area contributed by atoms with E-state index in [1.165, 1.54) is 9.80 Å². The SMILES string of the molecule is CCc1ccc(CN2C(=O)C[C@@H]([C@@H]3CCc4ccccc43)C(=O)N(C)C[C@H](Cc3ccc(Cl)cc3)N(C)C(=O)[C@H](CO)NC(=O)[C@@H]2C)c(Oc2ccc(-c3cnc(CN(C)C)n3C)cc2)c1.S.S.S.S.S. The van der Waals surface area contributed by atoms with Crippen molar-refractivity contribution in [3.63, 3.8) is 0 Å². The summed E-state index contributed by atoms with van der Waals surface area (Å²) >= 11 is 6.21. The highest BCUT2D eigenvalue weighted by Crippen LogP contribution is 2.41. The molecule has 0 saturated carbocycles. The van der Waals surface area contributed by atoms with Gasteiger partial charge in [0.05, 0.1) is 43.5 Å². The highest BCUT2D eigenvalue weighted by atomic mass is 35.5. The summed E-state index contributed by atoms with van der Waals surface area (Å²) < 4.78 is 8.69. The van der Waals surface area contributed by atoms with E-state index in [0.717, 1.165) is 52.2 Å². The lowest BCUT2D eigenvalue weighted by molar-refractivity contribution is -0.148. The third kappa shape index (κ3) is 14.9. The van der Waals surface area contributed by atoms with Crippen molar-refractivity contribution in [3.8, 4) is 22.8 Å². The van der Waals surface area contributed by atoms with Crippen LogP contribution in [0.15, 0.2) is 97.2 Å². The normalized spacial score (nSPS) is 19.5. The molecule has 4 amide bonds. The molecule has 7 rings (SSSR count). The molecular weight excluding hydrogens is 1010 g/mol. The van der Waals surface area contributed by atoms with Crippen molar-refractivity contribution in [2.24, 2.45) is 13.0 Å². The van der Waals surface area contributed by atoms with Gasteiger partial charge in [-0.25, -0.2) is 4.98 Å². The number of hydrogen-bond acceptors (Lipinski definition) is 8. The van der Waals surface area contributed by atoms with Gasteiger partial charge in [0.1, 0.15) is 29.4 Å². The number of likely N-dealkylation sites (N-methyl/N-ethyl adjacent to an activating group) is 2. The summed E-state index contributed by atoms with van der Waals surface area (Å²) in [4.78, 5) is 70.0. The highest BCUT2D eigenvalue weighted by Gasteiger charge is 2.41. The van der Waals surface area contributed by atoms with Crippen LogP contribution in [0.3, 0.4) is 0 Å². The molecular formula is C52H72ClN7O6S5. The minimum absolute atomic E-state index is 0. The number of fused-ring (bicyclic) bond motifs is 1. The van der Waals surface area contributed by atoms with E-state index in [1.807, 2.05) is 100 Å². The maximum absolute atomic E-state index is 15.1. The quantitative estimate of drug-likeness (QED) is 0.134. The molecule has 1 aliphatic carbocycles. The minimum atomic E-state index is -1.31. The monoisotopic (exact) mass is 1090 g/mol. The zero-order valence-electron chi connectivity index (χ0n) is 41.5. The van der Waals surface area contributed by atoms with Gasteiger partial charge < -0.3 is 39.3 Å². The lowest BCUT2D eigenvalue weighted by Crippen LogP contribution is -2.58. The number of carbonyl (C=O) groups excluding carboxylic acids is 4. The number of aromatic nitrogens is 2. The van der Waals surface area contributed by atoms with E-state index in [4.69, 9.17) is 16.3 Å². The van der Waals surface area contributed by atoms with Crippen LogP contribution >= 0.6 is 79.1 Å². The Bertz CT molecular complexity index is 2550. The largest absolute Gasteiger partial charge is 0.457 e. The van der Waals surface area contributed by atoms with Crippen LogP contribution in [0.2, 0.25) is 5.02 Å². The Balaban J connectivity index is 0.00000346. The third-order valence-electron chi connectivity index (χ3n) is 13.3. The van der Waals surface area contributed by atoms with Crippen molar-refractivity contribution in [1.82, 2.24) is 34.5 Å². The molecule has 1 aliphatic heterocycles. The van der Waals surface area contributed by atoms with E-state index in [-0.39, 0.29) is 98.8 Å². The first-order chi connectivity index (χ1) is 31.6. The van der Waals surface area contributed by atoms with E-state index in [2.05, 4.69) is 32.8 Å². The molecule has 0 spiro atoms. The molecule has 0 radical (unpaired) electrons. The molecule has 2 aliphatic rings. The van der Waals surface area contributed by atoms with Crippen LogP contribution in [0, 0.1) is 5.92 Å². The summed E-state index contributed by atoms with van der Waals surface area (Å²) in [6, 6.07) is 26.0. The van der Waals surface area contributed by atoms with Gasteiger partial charge in [0.2, 0.25) is 23.6 Å². The van der Waals surface area contributed by atoms with Crippen molar-refractivity contribution in [2.75, 3.05) is 41.3 Å². The number of nitrogens with zero attached hydrogens (tertiary/aromatic N) is 6. The molecule has 1 saturated heterocycles. The smallest absolute Gasteiger partial charge is 0.247 e. The average molecular weight is 1090 g/mol. The van der Waals surface area contributed by atoms with Gasteiger partial charge in [-0.1, -0.05) is 67.1 Å². The molecule has 388 valence electrons. The van der Waals surface area contributed by atoms with Crippen molar-refractivity contribution >= 4 is 103 Å². The highest BCUT2D eigenvalue weighted by molar-refractivity contribution is 7.60. The van der Waals surface area contributed by atoms with Crippen LogP contribution in [-0.4, -0.2) is 117 Å². The number of imidazole rings is 1. The summed E-state index contributed by atoms with van der Waals surface area (Å²) in [7, 11) is 9.36. The van der Waals surface area contributed by atoms with E-state index in [1.54, 1.807) is 38.1 Å². The van der Waals surface area contributed by atoms with Crippen LogP contribution in [0.25, 0.3) is 11.3 Å². The first-order valence-corrected chi connectivity index (χ1v) is 23.1. The molecule has 71 heavy (non-hydrogen) atoms. The van der Waals surface area contributed by atoms with Gasteiger partial charge in [-0.2, -0.15) is 67.5 Å². The van der Waals surface area contributed by atoms with Crippen LogP contribution in [0.1, 0.15) is 66.2 Å². The molecule has 19 heteroatoms. The fourth-order valence-corrected chi connectivity index (χ4v) is 9.43. The number of aryl methyl sites for hydroxylation is 2. The molecule has 1 fully saturated rings. The van der Waals surface area contributed by atoms with Crippen molar-refractivity contribution in [1.29, 1.82) is 0 Å². The molecule has 1 aromatic heterocycles. The van der Waals surface area contributed by atoms with Gasteiger partial charge >= 0.3 is 0 Å². The Hall–Kier alpha value is -4.27. The number of amides is 4. The molecule has 2 N–H and O–H groups in total. The molecule has 5 atom stereocenters. The number of benzene rings is 4. The van der Waals surface area contributed by atoms with Crippen LogP contribution in [-0.2, 0) is 58.6 Å². The molecule has 5 aromatic rings.